The maximum Gasteiger partial charge on any atom is 0.279 e. The normalized spacial score (nSPS) is 10.8. The first-order valence-electron chi connectivity index (χ1n) is 7.73. The molecule has 28 heavy (non-hydrogen) atoms. The topological polar surface area (TPSA) is 164 Å². The number of non-ortho nitro benzene ring substituents is 2. The molecule has 3 rings (SSSR count). The van der Waals surface area contributed by atoms with E-state index in [0.717, 1.165) is 22.9 Å². The van der Waals surface area contributed by atoms with Crippen molar-refractivity contribution in [2.24, 2.45) is 0 Å². The van der Waals surface area contributed by atoms with Crippen LogP contribution in [0.5, 0.6) is 0 Å². The average Bonchev–Trinajstić information content (AvgIpc) is 2.97. The number of hydrogen-bond donors (Lipinski definition) is 0. The van der Waals surface area contributed by atoms with Crippen LogP contribution in [0.4, 0.5) is 17.1 Å². The van der Waals surface area contributed by atoms with Gasteiger partial charge >= 0.3 is 0 Å². The Morgan fingerprint density at radius 2 is 1.57 bits per heavy atom. The summed E-state index contributed by atoms with van der Waals surface area (Å²) in [6.07, 6.45) is 0. The molecule has 0 bridgehead atoms. The molecule has 0 saturated carbocycles. The van der Waals surface area contributed by atoms with Crippen LogP contribution < -0.4 is 0 Å². The van der Waals surface area contributed by atoms with Gasteiger partial charge in [0.1, 0.15) is 0 Å². The van der Waals surface area contributed by atoms with E-state index in [9.17, 15) is 35.1 Å². The predicted molar refractivity (Wildman–Crippen MR) is 95.3 cm³/mol. The van der Waals surface area contributed by atoms with Gasteiger partial charge in [0.25, 0.3) is 23.0 Å². The van der Waals surface area contributed by atoms with Crippen LogP contribution in [0.25, 0.3) is 10.9 Å². The van der Waals surface area contributed by atoms with Gasteiger partial charge in [-0.2, -0.15) is 9.78 Å². The summed E-state index contributed by atoms with van der Waals surface area (Å²) in [4.78, 5) is 44.1. The summed E-state index contributed by atoms with van der Waals surface area (Å²) in [6.45, 7) is 2.87. The highest BCUT2D eigenvalue weighted by molar-refractivity contribution is 6.03. The zero-order chi connectivity index (χ0) is 20.7. The molecule has 0 unspecified atom stereocenters. The van der Waals surface area contributed by atoms with Gasteiger partial charge in [0, 0.05) is 29.1 Å². The van der Waals surface area contributed by atoms with Crippen molar-refractivity contribution in [3.63, 3.8) is 0 Å². The lowest BCUT2D eigenvalue weighted by molar-refractivity contribution is -0.394. The Hall–Kier alpha value is -4.22. The van der Waals surface area contributed by atoms with Gasteiger partial charge in [-0.05, 0) is 19.9 Å². The minimum atomic E-state index is -0.872. The minimum Gasteiger partial charge on any atom is -0.267 e. The SMILES string of the molecule is Cc1c(C(=O)n2nc(C)c3ccc([N+](=O)[O-])cc32)cc([N+](=O)[O-])cc1[N+](=O)[O-]. The van der Waals surface area contributed by atoms with Gasteiger partial charge in [-0.1, -0.05) is 0 Å². The molecule has 1 heterocycles. The van der Waals surface area contributed by atoms with Crippen LogP contribution >= 0.6 is 0 Å². The Morgan fingerprint density at radius 3 is 2.14 bits per heavy atom. The third-order valence-electron chi connectivity index (χ3n) is 4.26. The van der Waals surface area contributed by atoms with Crippen molar-refractivity contribution in [2.45, 2.75) is 13.8 Å². The van der Waals surface area contributed by atoms with Crippen molar-refractivity contribution in [3.8, 4) is 0 Å². The maximum absolute atomic E-state index is 13.0. The quantitative estimate of drug-likeness (QED) is 0.488. The summed E-state index contributed by atoms with van der Waals surface area (Å²) >= 11 is 0. The second kappa shape index (κ2) is 6.50. The molecule has 0 N–H and O–H groups in total. The number of hydrogen-bond acceptors (Lipinski definition) is 8. The first-order chi connectivity index (χ1) is 13.1. The molecule has 0 aliphatic heterocycles. The molecule has 2 aromatic carbocycles. The number of aryl methyl sites for hydroxylation is 1. The molecule has 1 aromatic heterocycles. The number of nitro benzene ring substituents is 3. The van der Waals surface area contributed by atoms with E-state index in [1.165, 1.54) is 19.1 Å². The van der Waals surface area contributed by atoms with Crippen LogP contribution in [-0.4, -0.2) is 30.5 Å². The minimum absolute atomic E-state index is 0.0765. The average molecular weight is 385 g/mol. The fourth-order valence-electron chi connectivity index (χ4n) is 2.84. The van der Waals surface area contributed by atoms with Crippen LogP contribution in [0.1, 0.15) is 21.6 Å². The molecule has 3 aromatic rings. The van der Waals surface area contributed by atoms with Gasteiger partial charge in [0.15, 0.2) is 0 Å². The van der Waals surface area contributed by atoms with Crippen LogP contribution in [0.15, 0.2) is 30.3 Å². The van der Waals surface area contributed by atoms with Crippen molar-refractivity contribution < 1.29 is 19.6 Å². The highest BCUT2D eigenvalue weighted by atomic mass is 16.6. The van der Waals surface area contributed by atoms with Gasteiger partial charge in [-0.3, -0.25) is 35.1 Å². The van der Waals surface area contributed by atoms with E-state index in [1.807, 2.05) is 0 Å². The van der Waals surface area contributed by atoms with Crippen molar-refractivity contribution in [1.82, 2.24) is 9.78 Å². The van der Waals surface area contributed by atoms with Crippen LogP contribution in [0.2, 0.25) is 0 Å². The number of nitro groups is 3. The smallest absolute Gasteiger partial charge is 0.267 e. The molecule has 0 atom stereocenters. The van der Waals surface area contributed by atoms with Gasteiger partial charge in [-0.25, -0.2) is 0 Å². The predicted octanol–water partition coefficient (Wildman–Crippen LogP) is 3.07. The van der Waals surface area contributed by atoms with Crippen LogP contribution in [-0.2, 0) is 0 Å². The zero-order valence-electron chi connectivity index (χ0n) is 14.5. The monoisotopic (exact) mass is 385 g/mol. The summed E-state index contributed by atoms with van der Waals surface area (Å²) in [5.41, 5.74) is -1.34. The molecular formula is C16H11N5O7. The molecular weight excluding hydrogens is 374 g/mol. The zero-order valence-corrected chi connectivity index (χ0v) is 14.5. The first kappa shape index (κ1) is 18.6. The maximum atomic E-state index is 13.0. The number of aromatic nitrogens is 2. The molecule has 0 saturated heterocycles. The van der Waals surface area contributed by atoms with Crippen molar-refractivity contribution in [2.75, 3.05) is 0 Å². The lowest BCUT2D eigenvalue weighted by atomic mass is 10.0. The number of rotatable bonds is 4. The Labute approximate surface area is 155 Å². The number of fused-ring (bicyclic) bond motifs is 1. The first-order valence-corrected chi connectivity index (χ1v) is 7.73. The summed E-state index contributed by atoms with van der Waals surface area (Å²) in [5.74, 6) is -0.872. The van der Waals surface area contributed by atoms with E-state index in [-0.39, 0.29) is 22.3 Å². The Balaban J connectivity index is 2.28. The number of benzene rings is 2. The van der Waals surface area contributed by atoms with Crippen molar-refractivity contribution in [1.29, 1.82) is 0 Å². The standard InChI is InChI=1S/C16H11N5O7/c1-8-13(5-11(20(25)26)7-14(8)21(27)28)16(22)18-15-6-10(19(23)24)3-4-12(15)9(2)17-18/h3-7H,1-2H3. The van der Waals surface area contributed by atoms with E-state index in [4.69, 9.17) is 0 Å². The third-order valence-corrected chi connectivity index (χ3v) is 4.26. The molecule has 0 aliphatic carbocycles. The number of nitrogens with zero attached hydrogens (tertiary/aromatic N) is 5. The highest BCUT2D eigenvalue weighted by Gasteiger charge is 2.27. The second-order valence-corrected chi connectivity index (χ2v) is 5.91. The van der Waals surface area contributed by atoms with Gasteiger partial charge in [0.2, 0.25) is 0 Å². The molecule has 0 fully saturated rings. The summed E-state index contributed by atoms with van der Waals surface area (Å²) in [7, 11) is 0. The van der Waals surface area contributed by atoms with E-state index < -0.39 is 32.1 Å². The molecule has 0 radical (unpaired) electrons. The summed E-state index contributed by atoms with van der Waals surface area (Å²) in [5, 5.41) is 37.9. The Morgan fingerprint density at radius 1 is 0.929 bits per heavy atom. The third kappa shape index (κ3) is 2.92. The second-order valence-electron chi connectivity index (χ2n) is 5.91. The van der Waals surface area contributed by atoms with E-state index >= 15 is 0 Å². The fraction of sp³-hybridized carbons (Fsp3) is 0.125. The van der Waals surface area contributed by atoms with Crippen LogP contribution in [0.3, 0.4) is 0 Å². The van der Waals surface area contributed by atoms with E-state index in [0.29, 0.717) is 11.1 Å². The lowest BCUT2D eigenvalue weighted by Crippen LogP contribution is -2.16. The van der Waals surface area contributed by atoms with E-state index in [2.05, 4.69) is 5.10 Å². The Kier molecular flexibility index (Phi) is 4.31. The van der Waals surface area contributed by atoms with Gasteiger partial charge < -0.3 is 0 Å². The molecule has 12 heteroatoms. The summed E-state index contributed by atoms with van der Waals surface area (Å²) < 4.78 is 0.855. The Bertz CT molecular complexity index is 1200. The molecule has 0 aliphatic rings. The van der Waals surface area contributed by atoms with E-state index in [1.54, 1.807) is 6.92 Å². The fourth-order valence-corrected chi connectivity index (χ4v) is 2.84. The molecule has 0 amide bonds. The molecule has 142 valence electrons. The summed E-state index contributed by atoms with van der Waals surface area (Å²) in [6, 6.07) is 5.53. The van der Waals surface area contributed by atoms with Crippen molar-refractivity contribution in [3.05, 3.63) is 77.5 Å². The van der Waals surface area contributed by atoms with Gasteiger partial charge in [0.05, 0.1) is 37.6 Å². The molecule has 12 nitrogen and oxygen atoms in total. The van der Waals surface area contributed by atoms with Crippen LogP contribution in [0, 0.1) is 44.2 Å². The van der Waals surface area contributed by atoms with Gasteiger partial charge in [-0.15, -0.1) is 0 Å². The molecule has 0 spiro atoms. The lowest BCUT2D eigenvalue weighted by Gasteiger charge is -2.07. The number of carbonyl (C=O) groups is 1. The number of carbonyl (C=O) groups excluding carboxylic acids is 1. The van der Waals surface area contributed by atoms with Crippen molar-refractivity contribution >= 4 is 33.9 Å². The largest absolute Gasteiger partial charge is 0.279 e. The highest BCUT2D eigenvalue weighted by Crippen LogP contribution is 2.30.